The molecule has 0 aliphatic rings. The summed E-state index contributed by atoms with van der Waals surface area (Å²) in [5, 5.41) is 22.1. The predicted molar refractivity (Wildman–Crippen MR) is 80.9 cm³/mol. The minimum Gasteiger partial charge on any atom is -0.504 e. The van der Waals surface area contributed by atoms with Gasteiger partial charge in [0, 0.05) is 23.6 Å². The van der Waals surface area contributed by atoms with E-state index in [0.717, 1.165) is 16.5 Å². The molecule has 0 aliphatic heterocycles. The van der Waals surface area contributed by atoms with E-state index in [2.05, 4.69) is 4.98 Å². The van der Waals surface area contributed by atoms with Gasteiger partial charge in [0.1, 0.15) is 0 Å². The van der Waals surface area contributed by atoms with Gasteiger partial charge in [0.25, 0.3) is 0 Å². The predicted octanol–water partition coefficient (Wildman–Crippen LogP) is 3.25. The van der Waals surface area contributed by atoms with Crippen molar-refractivity contribution in [3.8, 4) is 17.2 Å². The van der Waals surface area contributed by atoms with Crippen molar-refractivity contribution in [1.82, 2.24) is 4.98 Å². The number of benzene rings is 2. The molecule has 4 nitrogen and oxygen atoms in total. The smallest absolute Gasteiger partial charge is 0.200 e. The Hall–Kier alpha value is -2.75. The van der Waals surface area contributed by atoms with Crippen molar-refractivity contribution in [3.63, 3.8) is 0 Å². The highest BCUT2D eigenvalue weighted by molar-refractivity contribution is 5.84. The molecule has 21 heavy (non-hydrogen) atoms. The van der Waals surface area contributed by atoms with E-state index in [0.29, 0.717) is 12.0 Å². The van der Waals surface area contributed by atoms with Gasteiger partial charge >= 0.3 is 0 Å². The topological polar surface area (TPSA) is 62.6 Å². The Balaban J connectivity index is 2.05. The van der Waals surface area contributed by atoms with E-state index < -0.39 is 0 Å². The van der Waals surface area contributed by atoms with Gasteiger partial charge < -0.3 is 14.9 Å². The zero-order chi connectivity index (χ0) is 14.8. The fourth-order valence-electron chi connectivity index (χ4n) is 2.41. The molecule has 106 valence electrons. The maximum atomic E-state index is 10.1. The summed E-state index contributed by atoms with van der Waals surface area (Å²) in [4.78, 5) is 4.39. The molecular weight excluding hydrogens is 266 g/mol. The molecule has 3 aromatic rings. The molecule has 3 rings (SSSR count). The summed E-state index contributed by atoms with van der Waals surface area (Å²) in [5.74, 6) is -0.151. The number of phenols is 2. The van der Waals surface area contributed by atoms with Gasteiger partial charge in [0.05, 0.1) is 12.8 Å². The third kappa shape index (κ3) is 2.36. The van der Waals surface area contributed by atoms with Crippen LogP contribution in [0.2, 0.25) is 0 Å². The first-order valence-electron chi connectivity index (χ1n) is 6.61. The molecule has 0 saturated carbocycles. The Morgan fingerprint density at radius 2 is 1.81 bits per heavy atom. The molecule has 0 fully saturated rings. The number of rotatable bonds is 3. The fourth-order valence-corrected chi connectivity index (χ4v) is 2.41. The fraction of sp³-hybridized carbons (Fsp3) is 0.118. The number of nitrogens with zero attached hydrogens (tertiary/aromatic N) is 1. The van der Waals surface area contributed by atoms with Gasteiger partial charge in [-0.1, -0.05) is 30.3 Å². The lowest BCUT2D eigenvalue weighted by atomic mass is 10.0. The van der Waals surface area contributed by atoms with Crippen molar-refractivity contribution in [1.29, 1.82) is 0 Å². The summed E-state index contributed by atoms with van der Waals surface area (Å²) in [6, 6.07) is 13.3. The minimum atomic E-state index is -0.241. The SMILES string of the molecule is COc1ccc(Cc2nccc3ccccc23)c(O)c1O. The average Bonchev–Trinajstić information content (AvgIpc) is 2.52. The van der Waals surface area contributed by atoms with Crippen LogP contribution in [0.25, 0.3) is 10.8 Å². The molecule has 1 heterocycles. The van der Waals surface area contributed by atoms with Gasteiger partial charge in [-0.05, 0) is 17.5 Å². The molecule has 2 N–H and O–H groups in total. The van der Waals surface area contributed by atoms with Crippen LogP contribution < -0.4 is 4.74 Å². The number of ether oxygens (including phenoxy) is 1. The molecule has 0 saturated heterocycles. The average molecular weight is 281 g/mol. The van der Waals surface area contributed by atoms with Crippen molar-refractivity contribution < 1.29 is 14.9 Å². The van der Waals surface area contributed by atoms with Gasteiger partial charge in [0.15, 0.2) is 11.5 Å². The second-order valence-electron chi connectivity index (χ2n) is 4.78. The number of aromatic nitrogens is 1. The maximum absolute atomic E-state index is 10.1. The number of phenolic OH excluding ortho intramolecular Hbond substituents is 2. The van der Waals surface area contributed by atoms with Crippen LogP contribution in [0.1, 0.15) is 11.3 Å². The zero-order valence-electron chi connectivity index (χ0n) is 11.6. The summed E-state index contributed by atoms with van der Waals surface area (Å²) < 4.78 is 4.98. The van der Waals surface area contributed by atoms with Crippen molar-refractivity contribution in [3.05, 3.63) is 59.9 Å². The highest BCUT2D eigenvalue weighted by atomic mass is 16.5. The highest BCUT2D eigenvalue weighted by Gasteiger charge is 2.14. The van der Waals surface area contributed by atoms with Gasteiger partial charge in [-0.3, -0.25) is 4.98 Å². The first-order valence-corrected chi connectivity index (χ1v) is 6.61. The summed E-state index contributed by atoms with van der Waals surface area (Å²) in [7, 11) is 1.44. The highest BCUT2D eigenvalue weighted by Crippen LogP contribution is 2.38. The second-order valence-corrected chi connectivity index (χ2v) is 4.78. The van der Waals surface area contributed by atoms with Crippen LogP contribution in [0.3, 0.4) is 0 Å². The normalized spacial score (nSPS) is 10.7. The van der Waals surface area contributed by atoms with Gasteiger partial charge in [0.2, 0.25) is 5.75 Å². The van der Waals surface area contributed by atoms with Crippen molar-refractivity contribution in [2.24, 2.45) is 0 Å². The van der Waals surface area contributed by atoms with Crippen molar-refractivity contribution >= 4 is 10.8 Å². The van der Waals surface area contributed by atoms with Crippen LogP contribution in [0, 0.1) is 0 Å². The Bertz CT molecular complexity index is 794. The summed E-state index contributed by atoms with van der Waals surface area (Å²) in [6.45, 7) is 0. The van der Waals surface area contributed by atoms with Crippen LogP contribution in [0.15, 0.2) is 48.7 Å². The van der Waals surface area contributed by atoms with E-state index in [9.17, 15) is 10.2 Å². The van der Waals surface area contributed by atoms with Gasteiger partial charge in [-0.25, -0.2) is 0 Å². The zero-order valence-corrected chi connectivity index (χ0v) is 11.6. The van der Waals surface area contributed by atoms with Crippen molar-refractivity contribution in [2.75, 3.05) is 7.11 Å². The molecule has 0 unspecified atom stereocenters. The first kappa shape index (κ1) is 13.2. The van der Waals surface area contributed by atoms with E-state index in [4.69, 9.17) is 4.74 Å². The Kier molecular flexibility index (Phi) is 3.36. The lowest BCUT2D eigenvalue weighted by Crippen LogP contribution is -1.95. The molecule has 4 heteroatoms. The largest absolute Gasteiger partial charge is 0.504 e. The molecule has 1 aromatic heterocycles. The number of hydrogen-bond donors (Lipinski definition) is 2. The number of pyridine rings is 1. The second kappa shape index (κ2) is 5.32. The maximum Gasteiger partial charge on any atom is 0.200 e. The number of aromatic hydroxyl groups is 2. The molecule has 0 spiro atoms. The quantitative estimate of drug-likeness (QED) is 0.723. The number of hydrogen-bond acceptors (Lipinski definition) is 4. The molecule has 0 aliphatic carbocycles. The Morgan fingerprint density at radius 3 is 2.62 bits per heavy atom. The van der Waals surface area contributed by atoms with Crippen LogP contribution in [0.5, 0.6) is 17.2 Å². The molecule has 0 atom stereocenters. The Labute approximate surface area is 122 Å². The minimum absolute atomic E-state index is 0.163. The van der Waals surface area contributed by atoms with Crippen LogP contribution in [-0.4, -0.2) is 22.3 Å². The third-order valence-corrected chi connectivity index (χ3v) is 3.53. The van der Waals surface area contributed by atoms with E-state index in [1.54, 1.807) is 18.3 Å². The van der Waals surface area contributed by atoms with Crippen molar-refractivity contribution in [2.45, 2.75) is 6.42 Å². The van der Waals surface area contributed by atoms with Crippen LogP contribution >= 0.6 is 0 Å². The third-order valence-electron chi connectivity index (χ3n) is 3.53. The summed E-state index contributed by atoms with van der Waals surface area (Å²) >= 11 is 0. The molecule has 2 aromatic carbocycles. The number of fused-ring (bicyclic) bond motifs is 1. The standard InChI is InChI=1S/C17H15NO3/c1-21-15-7-6-12(16(19)17(15)20)10-14-13-5-3-2-4-11(13)8-9-18-14/h2-9,19-20H,10H2,1H3. The van der Waals surface area contributed by atoms with E-state index >= 15 is 0 Å². The molecule has 0 radical (unpaired) electrons. The van der Waals surface area contributed by atoms with Gasteiger partial charge in [-0.2, -0.15) is 0 Å². The number of methoxy groups -OCH3 is 1. The summed E-state index contributed by atoms with van der Waals surface area (Å²) in [6.07, 6.45) is 2.18. The lowest BCUT2D eigenvalue weighted by molar-refractivity contribution is 0.349. The van der Waals surface area contributed by atoms with E-state index in [1.807, 2.05) is 30.3 Å². The van der Waals surface area contributed by atoms with E-state index in [-0.39, 0.29) is 17.2 Å². The Morgan fingerprint density at radius 1 is 1.00 bits per heavy atom. The molecule has 0 bridgehead atoms. The van der Waals surface area contributed by atoms with Gasteiger partial charge in [-0.15, -0.1) is 0 Å². The lowest BCUT2D eigenvalue weighted by Gasteiger charge is -2.10. The van der Waals surface area contributed by atoms with E-state index in [1.165, 1.54) is 7.11 Å². The van der Waals surface area contributed by atoms with Crippen LogP contribution in [0.4, 0.5) is 0 Å². The monoisotopic (exact) mass is 281 g/mol. The first-order chi connectivity index (χ1) is 10.2. The molecule has 0 amide bonds. The summed E-state index contributed by atoms with van der Waals surface area (Å²) in [5.41, 5.74) is 1.46. The van der Waals surface area contributed by atoms with Crippen LogP contribution in [-0.2, 0) is 6.42 Å². The molecular formula is C17H15NO3.